The summed E-state index contributed by atoms with van der Waals surface area (Å²) in [6, 6.07) is 21.6. The zero-order valence-corrected chi connectivity index (χ0v) is 19.2. The lowest BCUT2D eigenvalue weighted by atomic mass is 10.1. The van der Waals surface area contributed by atoms with Gasteiger partial charge in [-0.1, -0.05) is 30.3 Å². The number of hydrogen-bond donors (Lipinski definition) is 2. The Bertz CT molecular complexity index is 1210. The quantitative estimate of drug-likeness (QED) is 0.541. The first-order chi connectivity index (χ1) is 16.5. The van der Waals surface area contributed by atoms with Crippen molar-refractivity contribution in [2.75, 3.05) is 28.7 Å². The van der Waals surface area contributed by atoms with E-state index in [9.17, 15) is 14.4 Å². The molecular weight excluding hydrogens is 430 g/mol. The van der Waals surface area contributed by atoms with Crippen LogP contribution in [0.25, 0.3) is 0 Å². The normalized spacial score (nSPS) is 15.2. The number of nitrogens with zero attached hydrogens (tertiary/aromatic N) is 1. The van der Waals surface area contributed by atoms with Gasteiger partial charge in [0.2, 0.25) is 11.8 Å². The second-order valence-electron chi connectivity index (χ2n) is 8.14. The minimum Gasteiger partial charge on any atom is -0.494 e. The van der Waals surface area contributed by atoms with Crippen LogP contribution in [0.2, 0.25) is 0 Å². The monoisotopic (exact) mass is 457 g/mol. The number of para-hydroxylation sites is 2. The molecule has 4 rings (SSSR count). The zero-order chi connectivity index (χ0) is 24.1. The van der Waals surface area contributed by atoms with Crippen LogP contribution >= 0.6 is 0 Å². The molecule has 1 atom stereocenters. The summed E-state index contributed by atoms with van der Waals surface area (Å²) >= 11 is 0. The maximum absolute atomic E-state index is 13.0. The van der Waals surface area contributed by atoms with Crippen molar-refractivity contribution < 1.29 is 19.1 Å². The molecule has 1 aliphatic heterocycles. The first-order valence-corrected chi connectivity index (χ1v) is 11.3. The lowest BCUT2D eigenvalue weighted by molar-refractivity contribution is -0.122. The third-order valence-electron chi connectivity index (χ3n) is 5.78. The van der Waals surface area contributed by atoms with Crippen molar-refractivity contribution >= 4 is 34.8 Å². The van der Waals surface area contributed by atoms with E-state index in [1.165, 1.54) is 0 Å². The molecule has 0 aliphatic carbocycles. The van der Waals surface area contributed by atoms with E-state index >= 15 is 0 Å². The number of anilines is 3. The van der Waals surface area contributed by atoms with Gasteiger partial charge in [-0.15, -0.1) is 0 Å². The molecule has 0 saturated carbocycles. The Hall–Kier alpha value is -4.13. The number of carbonyl (C=O) groups is 3. The van der Waals surface area contributed by atoms with Crippen LogP contribution < -0.4 is 20.3 Å². The van der Waals surface area contributed by atoms with E-state index < -0.39 is 5.92 Å². The first-order valence-electron chi connectivity index (χ1n) is 11.3. The van der Waals surface area contributed by atoms with Gasteiger partial charge in [-0.3, -0.25) is 14.4 Å². The van der Waals surface area contributed by atoms with Gasteiger partial charge in [-0.2, -0.15) is 0 Å². The minimum absolute atomic E-state index is 0.108. The standard InChI is InChI=1S/C27H27N3O4/c1-3-34-21-14-12-20(13-15-21)30-17-19(16-25(30)31)26(32)29-24-11-7-5-9-22(24)27(33)28-23-10-6-4-8-18(23)2/h4-15,19H,3,16-17H2,1-2H3,(H,28,33)(H,29,32)/t19-/m0/s1. The predicted molar refractivity (Wildman–Crippen MR) is 132 cm³/mol. The Morgan fingerprint density at radius 1 is 0.941 bits per heavy atom. The topological polar surface area (TPSA) is 87.7 Å². The summed E-state index contributed by atoms with van der Waals surface area (Å²) in [6.45, 7) is 4.66. The van der Waals surface area contributed by atoms with Crippen molar-refractivity contribution in [3.8, 4) is 5.75 Å². The van der Waals surface area contributed by atoms with Crippen molar-refractivity contribution in [3.05, 3.63) is 83.9 Å². The number of hydrogen-bond acceptors (Lipinski definition) is 4. The molecule has 2 N–H and O–H groups in total. The Morgan fingerprint density at radius 2 is 1.62 bits per heavy atom. The Kier molecular flexibility index (Phi) is 6.92. The largest absolute Gasteiger partial charge is 0.494 e. The smallest absolute Gasteiger partial charge is 0.257 e. The van der Waals surface area contributed by atoms with Crippen LogP contribution in [-0.2, 0) is 9.59 Å². The molecule has 3 amide bonds. The van der Waals surface area contributed by atoms with Gasteiger partial charge in [0.1, 0.15) is 5.75 Å². The molecular formula is C27H27N3O4. The van der Waals surface area contributed by atoms with Gasteiger partial charge >= 0.3 is 0 Å². The third-order valence-corrected chi connectivity index (χ3v) is 5.78. The highest BCUT2D eigenvalue weighted by Gasteiger charge is 2.35. The van der Waals surface area contributed by atoms with Crippen LogP contribution in [0.15, 0.2) is 72.8 Å². The Labute approximate surface area is 198 Å². The molecule has 1 fully saturated rings. The molecule has 0 aromatic heterocycles. The van der Waals surface area contributed by atoms with Crippen molar-refractivity contribution in [2.45, 2.75) is 20.3 Å². The molecule has 0 unspecified atom stereocenters. The number of nitrogens with one attached hydrogen (secondary N) is 2. The lowest BCUT2D eigenvalue weighted by Crippen LogP contribution is -2.28. The molecule has 0 spiro atoms. The van der Waals surface area contributed by atoms with Gasteiger partial charge < -0.3 is 20.3 Å². The highest BCUT2D eigenvalue weighted by molar-refractivity contribution is 6.11. The van der Waals surface area contributed by atoms with Crippen LogP contribution in [0, 0.1) is 12.8 Å². The van der Waals surface area contributed by atoms with Gasteiger partial charge in [-0.05, 0) is 61.9 Å². The molecule has 1 saturated heterocycles. The molecule has 1 aliphatic rings. The van der Waals surface area contributed by atoms with E-state index in [0.29, 0.717) is 23.5 Å². The molecule has 3 aromatic carbocycles. The summed E-state index contributed by atoms with van der Waals surface area (Å²) < 4.78 is 5.45. The fraction of sp³-hybridized carbons (Fsp3) is 0.222. The SMILES string of the molecule is CCOc1ccc(N2C[C@@H](C(=O)Nc3ccccc3C(=O)Nc3ccccc3C)CC2=O)cc1. The molecule has 1 heterocycles. The molecule has 174 valence electrons. The van der Waals surface area contributed by atoms with Crippen LogP contribution in [0.4, 0.5) is 17.1 Å². The molecule has 3 aromatic rings. The highest BCUT2D eigenvalue weighted by atomic mass is 16.5. The van der Waals surface area contributed by atoms with Crippen molar-refractivity contribution in [1.29, 1.82) is 0 Å². The summed E-state index contributed by atoms with van der Waals surface area (Å²) in [5.74, 6) is -0.518. The van der Waals surface area contributed by atoms with E-state index in [2.05, 4.69) is 10.6 Å². The van der Waals surface area contributed by atoms with Gasteiger partial charge in [0, 0.05) is 24.3 Å². The second kappa shape index (κ2) is 10.2. The fourth-order valence-electron chi connectivity index (χ4n) is 3.95. The minimum atomic E-state index is -0.522. The second-order valence-corrected chi connectivity index (χ2v) is 8.14. The Morgan fingerprint density at radius 3 is 2.32 bits per heavy atom. The first kappa shape index (κ1) is 23.0. The van der Waals surface area contributed by atoms with Crippen LogP contribution in [0.5, 0.6) is 5.75 Å². The lowest BCUT2D eigenvalue weighted by Gasteiger charge is -2.18. The van der Waals surface area contributed by atoms with Crippen LogP contribution in [-0.4, -0.2) is 30.9 Å². The summed E-state index contributed by atoms with van der Waals surface area (Å²) in [6.07, 6.45) is 0.108. The predicted octanol–water partition coefficient (Wildman–Crippen LogP) is 4.64. The zero-order valence-electron chi connectivity index (χ0n) is 19.2. The average Bonchev–Trinajstić information content (AvgIpc) is 3.23. The van der Waals surface area contributed by atoms with E-state index in [-0.39, 0.29) is 30.7 Å². The number of carbonyl (C=O) groups excluding carboxylic acids is 3. The van der Waals surface area contributed by atoms with Crippen molar-refractivity contribution in [1.82, 2.24) is 0 Å². The number of ether oxygens (including phenoxy) is 1. The molecule has 0 radical (unpaired) electrons. The average molecular weight is 458 g/mol. The molecule has 34 heavy (non-hydrogen) atoms. The summed E-state index contributed by atoms with van der Waals surface area (Å²) in [4.78, 5) is 40.2. The Balaban J connectivity index is 1.44. The van der Waals surface area contributed by atoms with E-state index in [4.69, 9.17) is 4.74 Å². The molecule has 0 bridgehead atoms. The molecule has 7 heteroatoms. The van der Waals surface area contributed by atoms with Crippen LogP contribution in [0.3, 0.4) is 0 Å². The molecule has 7 nitrogen and oxygen atoms in total. The highest BCUT2D eigenvalue weighted by Crippen LogP contribution is 2.28. The summed E-state index contributed by atoms with van der Waals surface area (Å²) in [5, 5.41) is 5.75. The number of amides is 3. The van der Waals surface area contributed by atoms with E-state index in [0.717, 1.165) is 17.0 Å². The maximum atomic E-state index is 13.0. The number of rotatable bonds is 7. The van der Waals surface area contributed by atoms with Gasteiger partial charge in [0.05, 0.1) is 23.8 Å². The van der Waals surface area contributed by atoms with Crippen molar-refractivity contribution in [2.24, 2.45) is 5.92 Å². The van der Waals surface area contributed by atoms with Gasteiger partial charge in [-0.25, -0.2) is 0 Å². The third kappa shape index (κ3) is 5.09. The van der Waals surface area contributed by atoms with Crippen molar-refractivity contribution in [3.63, 3.8) is 0 Å². The fourth-order valence-corrected chi connectivity index (χ4v) is 3.95. The van der Waals surface area contributed by atoms with Gasteiger partial charge in [0.25, 0.3) is 5.91 Å². The van der Waals surface area contributed by atoms with E-state index in [1.807, 2.05) is 62.4 Å². The summed E-state index contributed by atoms with van der Waals surface area (Å²) in [7, 11) is 0. The van der Waals surface area contributed by atoms with Gasteiger partial charge in [0.15, 0.2) is 0 Å². The number of benzene rings is 3. The maximum Gasteiger partial charge on any atom is 0.257 e. The summed E-state index contributed by atoms with van der Waals surface area (Å²) in [5.41, 5.74) is 3.14. The van der Waals surface area contributed by atoms with Crippen LogP contribution in [0.1, 0.15) is 29.3 Å². The van der Waals surface area contributed by atoms with E-state index in [1.54, 1.807) is 29.2 Å². The number of aryl methyl sites for hydroxylation is 1.